The minimum Gasteiger partial charge on any atom is -0.357 e. The Hall–Kier alpha value is -1.31. The van der Waals surface area contributed by atoms with E-state index in [0.29, 0.717) is 12.1 Å². The first-order valence-corrected chi connectivity index (χ1v) is 9.10. The zero-order valence-electron chi connectivity index (χ0n) is 15.7. The first-order chi connectivity index (χ1) is 11.7. The van der Waals surface area contributed by atoms with E-state index in [0.717, 1.165) is 56.8 Å². The molecule has 0 spiro atoms. The van der Waals surface area contributed by atoms with Gasteiger partial charge in [-0.25, -0.2) is 4.99 Å². The fraction of sp³-hybridized carbons (Fsp3) is 0.579. The van der Waals surface area contributed by atoms with Crippen LogP contribution in [-0.4, -0.2) is 31.5 Å². The first kappa shape index (κ1) is 23.7. The fourth-order valence-corrected chi connectivity index (χ4v) is 2.14. The molecule has 0 aliphatic carbocycles. The standard InChI is InChI=1S/C19H32N4O.HI/c1-4-7-13-21-18(24)17-11-9-16(10-12-17)15-23-19(20-6-3)22-14-8-5-2;/h9-12H,4-8,13-15H2,1-3H3,(H,21,24)(H2,20,22,23);1H. The Labute approximate surface area is 169 Å². The van der Waals surface area contributed by atoms with Gasteiger partial charge in [0.2, 0.25) is 0 Å². The van der Waals surface area contributed by atoms with Crippen molar-refractivity contribution in [3.05, 3.63) is 35.4 Å². The monoisotopic (exact) mass is 460 g/mol. The molecule has 0 aromatic heterocycles. The molecule has 0 heterocycles. The number of hydrogen-bond acceptors (Lipinski definition) is 2. The van der Waals surface area contributed by atoms with Crippen LogP contribution in [0.15, 0.2) is 29.3 Å². The van der Waals surface area contributed by atoms with Gasteiger partial charge in [-0.1, -0.05) is 38.8 Å². The maximum absolute atomic E-state index is 12.0. The number of aliphatic imine (C=N–C) groups is 1. The van der Waals surface area contributed by atoms with Crippen LogP contribution in [0, 0.1) is 0 Å². The molecule has 1 rings (SSSR count). The molecule has 25 heavy (non-hydrogen) atoms. The summed E-state index contributed by atoms with van der Waals surface area (Å²) in [5, 5.41) is 9.50. The van der Waals surface area contributed by atoms with Crippen LogP contribution >= 0.6 is 24.0 Å². The summed E-state index contributed by atoms with van der Waals surface area (Å²) in [6.45, 7) is 9.44. The van der Waals surface area contributed by atoms with Crippen molar-refractivity contribution in [3.63, 3.8) is 0 Å². The predicted octanol–water partition coefficient (Wildman–Crippen LogP) is 3.69. The summed E-state index contributed by atoms with van der Waals surface area (Å²) < 4.78 is 0. The van der Waals surface area contributed by atoms with Crippen molar-refractivity contribution in [1.82, 2.24) is 16.0 Å². The highest BCUT2D eigenvalue weighted by atomic mass is 127. The summed E-state index contributed by atoms with van der Waals surface area (Å²) in [5.41, 5.74) is 1.79. The molecular weight excluding hydrogens is 427 g/mol. The number of carbonyl (C=O) groups is 1. The van der Waals surface area contributed by atoms with Crippen molar-refractivity contribution in [2.45, 2.75) is 53.0 Å². The summed E-state index contributed by atoms with van der Waals surface area (Å²) in [6, 6.07) is 7.66. The zero-order chi connectivity index (χ0) is 17.6. The van der Waals surface area contributed by atoms with Gasteiger partial charge in [-0.05, 0) is 37.5 Å². The molecule has 1 amide bonds. The van der Waals surface area contributed by atoms with Gasteiger partial charge in [0.1, 0.15) is 0 Å². The molecule has 0 fully saturated rings. The van der Waals surface area contributed by atoms with Crippen molar-refractivity contribution < 1.29 is 4.79 Å². The smallest absolute Gasteiger partial charge is 0.251 e. The van der Waals surface area contributed by atoms with Gasteiger partial charge < -0.3 is 16.0 Å². The Morgan fingerprint density at radius 2 is 1.52 bits per heavy atom. The molecule has 142 valence electrons. The normalized spacial score (nSPS) is 10.8. The third-order valence-corrected chi connectivity index (χ3v) is 3.62. The number of guanidine groups is 1. The molecule has 1 aromatic carbocycles. The van der Waals surface area contributed by atoms with Crippen molar-refractivity contribution in [2.24, 2.45) is 4.99 Å². The molecule has 0 radical (unpaired) electrons. The summed E-state index contributed by atoms with van der Waals surface area (Å²) in [5.74, 6) is 0.834. The molecule has 0 saturated heterocycles. The Morgan fingerprint density at radius 3 is 2.08 bits per heavy atom. The van der Waals surface area contributed by atoms with E-state index >= 15 is 0 Å². The molecule has 0 unspecified atom stereocenters. The number of carbonyl (C=O) groups excluding carboxylic acids is 1. The molecule has 0 bridgehead atoms. The lowest BCUT2D eigenvalue weighted by Crippen LogP contribution is -2.37. The highest BCUT2D eigenvalue weighted by Gasteiger charge is 2.04. The lowest BCUT2D eigenvalue weighted by molar-refractivity contribution is 0.0953. The second-order valence-electron chi connectivity index (χ2n) is 5.78. The summed E-state index contributed by atoms with van der Waals surface area (Å²) in [4.78, 5) is 16.6. The van der Waals surface area contributed by atoms with Gasteiger partial charge in [0.25, 0.3) is 5.91 Å². The van der Waals surface area contributed by atoms with Crippen molar-refractivity contribution in [3.8, 4) is 0 Å². The average Bonchev–Trinajstić information content (AvgIpc) is 2.60. The highest BCUT2D eigenvalue weighted by molar-refractivity contribution is 14.0. The van der Waals surface area contributed by atoms with Crippen LogP contribution in [-0.2, 0) is 6.54 Å². The SMILES string of the molecule is CCCCNC(=O)c1ccc(CN=C(NCC)NCCCC)cc1.I. The Morgan fingerprint density at radius 1 is 0.920 bits per heavy atom. The quantitative estimate of drug-likeness (QED) is 0.216. The van der Waals surface area contributed by atoms with Crippen LogP contribution in [0.1, 0.15) is 62.4 Å². The number of halogens is 1. The van der Waals surface area contributed by atoms with Gasteiger partial charge in [-0.3, -0.25) is 4.79 Å². The topological polar surface area (TPSA) is 65.5 Å². The van der Waals surface area contributed by atoms with Crippen LogP contribution < -0.4 is 16.0 Å². The summed E-state index contributed by atoms with van der Waals surface area (Å²) >= 11 is 0. The number of nitrogens with one attached hydrogen (secondary N) is 3. The number of nitrogens with zero attached hydrogens (tertiary/aromatic N) is 1. The number of hydrogen-bond donors (Lipinski definition) is 3. The molecule has 3 N–H and O–H groups in total. The molecule has 0 aliphatic heterocycles. The molecule has 0 aliphatic rings. The zero-order valence-corrected chi connectivity index (χ0v) is 18.1. The van der Waals surface area contributed by atoms with E-state index in [9.17, 15) is 4.79 Å². The fourth-order valence-electron chi connectivity index (χ4n) is 2.14. The first-order valence-electron chi connectivity index (χ1n) is 9.10. The van der Waals surface area contributed by atoms with Gasteiger partial charge in [0.05, 0.1) is 6.54 Å². The lowest BCUT2D eigenvalue weighted by Gasteiger charge is -2.11. The third kappa shape index (κ3) is 10.3. The van der Waals surface area contributed by atoms with E-state index in [1.54, 1.807) is 0 Å². The Kier molecular flexibility index (Phi) is 14.2. The maximum atomic E-state index is 12.0. The van der Waals surface area contributed by atoms with Gasteiger partial charge in [-0.15, -0.1) is 24.0 Å². The van der Waals surface area contributed by atoms with Gasteiger partial charge in [0.15, 0.2) is 5.96 Å². The Balaban J connectivity index is 0.00000576. The molecule has 5 nitrogen and oxygen atoms in total. The van der Waals surface area contributed by atoms with Crippen LogP contribution in [0.2, 0.25) is 0 Å². The minimum absolute atomic E-state index is 0. The summed E-state index contributed by atoms with van der Waals surface area (Å²) in [7, 11) is 0. The van der Waals surface area contributed by atoms with E-state index in [2.05, 4.69) is 41.7 Å². The van der Waals surface area contributed by atoms with Crippen molar-refractivity contribution in [1.29, 1.82) is 0 Å². The molecular formula is C19H33IN4O. The van der Waals surface area contributed by atoms with Crippen molar-refractivity contribution in [2.75, 3.05) is 19.6 Å². The summed E-state index contributed by atoms with van der Waals surface area (Å²) in [6.07, 6.45) is 4.38. The second-order valence-corrected chi connectivity index (χ2v) is 5.78. The molecule has 0 saturated carbocycles. The van der Waals surface area contributed by atoms with E-state index in [1.165, 1.54) is 0 Å². The van der Waals surface area contributed by atoms with Crippen LogP contribution in [0.25, 0.3) is 0 Å². The molecule has 0 atom stereocenters. The largest absolute Gasteiger partial charge is 0.357 e. The third-order valence-electron chi connectivity index (χ3n) is 3.62. The number of unbranched alkanes of at least 4 members (excludes halogenated alkanes) is 2. The maximum Gasteiger partial charge on any atom is 0.251 e. The average molecular weight is 460 g/mol. The van der Waals surface area contributed by atoms with Crippen molar-refractivity contribution >= 4 is 35.8 Å². The number of amides is 1. The highest BCUT2D eigenvalue weighted by Crippen LogP contribution is 2.06. The lowest BCUT2D eigenvalue weighted by atomic mass is 10.1. The van der Waals surface area contributed by atoms with E-state index in [4.69, 9.17) is 0 Å². The number of benzene rings is 1. The molecule has 1 aromatic rings. The number of rotatable bonds is 10. The van der Waals surface area contributed by atoms with E-state index < -0.39 is 0 Å². The second kappa shape index (κ2) is 15.0. The van der Waals surface area contributed by atoms with Gasteiger partial charge in [0, 0.05) is 25.2 Å². The Bertz CT molecular complexity index is 503. The minimum atomic E-state index is -0.00641. The molecule has 6 heteroatoms. The van der Waals surface area contributed by atoms with Crippen LogP contribution in [0.3, 0.4) is 0 Å². The predicted molar refractivity (Wildman–Crippen MR) is 117 cm³/mol. The van der Waals surface area contributed by atoms with E-state index in [1.807, 2.05) is 24.3 Å². The van der Waals surface area contributed by atoms with E-state index in [-0.39, 0.29) is 29.9 Å². The van der Waals surface area contributed by atoms with Crippen LogP contribution in [0.4, 0.5) is 0 Å². The van der Waals surface area contributed by atoms with Gasteiger partial charge in [-0.2, -0.15) is 0 Å². The van der Waals surface area contributed by atoms with Crippen LogP contribution in [0.5, 0.6) is 0 Å². The van der Waals surface area contributed by atoms with Gasteiger partial charge >= 0.3 is 0 Å².